The molecule has 4 heteroatoms. The summed E-state index contributed by atoms with van der Waals surface area (Å²) >= 11 is 0. The lowest BCUT2D eigenvalue weighted by atomic mass is 9.94. The molecule has 4 nitrogen and oxygen atoms in total. The van der Waals surface area contributed by atoms with E-state index >= 15 is 0 Å². The molecule has 0 fully saturated rings. The first kappa shape index (κ1) is 17.7. The van der Waals surface area contributed by atoms with Crippen molar-refractivity contribution < 1.29 is 9.53 Å². The van der Waals surface area contributed by atoms with Crippen molar-refractivity contribution in [2.45, 2.75) is 52.0 Å². The summed E-state index contributed by atoms with van der Waals surface area (Å²) in [6.45, 7) is 9.06. The van der Waals surface area contributed by atoms with E-state index in [0.717, 1.165) is 11.3 Å². The smallest absolute Gasteiger partial charge is 0.241 e. The lowest BCUT2D eigenvalue weighted by molar-refractivity contribution is -0.117. The number of carbonyl (C=O) groups is 1. The molecular formula is C17H28N2O2. The Labute approximate surface area is 128 Å². The van der Waals surface area contributed by atoms with Gasteiger partial charge in [0.25, 0.3) is 0 Å². The first-order valence-electron chi connectivity index (χ1n) is 7.56. The molecule has 1 aromatic carbocycles. The van der Waals surface area contributed by atoms with E-state index in [0.29, 0.717) is 24.9 Å². The van der Waals surface area contributed by atoms with Crippen LogP contribution in [0.2, 0.25) is 0 Å². The topological polar surface area (TPSA) is 64.3 Å². The van der Waals surface area contributed by atoms with Crippen molar-refractivity contribution in [1.29, 1.82) is 0 Å². The molecule has 0 aliphatic heterocycles. The normalized spacial score (nSPS) is 12.8. The summed E-state index contributed by atoms with van der Waals surface area (Å²) < 4.78 is 4.96. The minimum atomic E-state index is -0.547. The van der Waals surface area contributed by atoms with Crippen LogP contribution in [0.5, 0.6) is 0 Å². The number of nitrogens with one attached hydrogen (secondary N) is 1. The minimum Gasteiger partial charge on any atom is -0.385 e. The second kappa shape index (κ2) is 8.15. The van der Waals surface area contributed by atoms with Crippen LogP contribution >= 0.6 is 0 Å². The summed E-state index contributed by atoms with van der Waals surface area (Å²) in [6.07, 6.45) is 0.517. The van der Waals surface area contributed by atoms with Crippen molar-refractivity contribution >= 4 is 11.6 Å². The van der Waals surface area contributed by atoms with Gasteiger partial charge in [-0.25, -0.2) is 0 Å². The van der Waals surface area contributed by atoms with Crippen LogP contribution in [-0.4, -0.2) is 25.7 Å². The maximum atomic E-state index is 12.1. The monoisotopic (exact) mass is 292 g/mol. The number of hydrogen-bond acceptors (Lipinski definition) is 3. The molecule has 21 heavy (non-hydrogen) atoms. The SMILES string of the molecule is COCCC(N)C(=O)Nc1ccc(C(C)C)cc1C(C)C. The molecule has 0 radical (unpaired) electrons. The number of hydrogen-bond donors (Lipinski definition) is 2. The Bertz CT molecular complexity index is 470. The number of methoxy groups -OCH3 is 1. The summed E-state index contributed by atoms with van der Waals surface area (Å²) in [4.78, 5) is 12.1. The van der Waals surface area contributed by atoms with Gasteiger partial charge in [-0.3, -0.25) is 4.79 Å². The summed E-state index contributed by atoms with van der Waals surface area (Å²) in [7, 11) is 1.60. The number of ether oxygens (including phenoxy) is 1. The molecule has 1 atom stereocenters. The maximum absolute atomic E-state index is 12.1. The first-order chi connectivity index (χ1) is 9.86. The molecule has 0 heterocycles. The zero-order valence-electron chi connectivity index (χ0n) is 13.8. The van der Waals surface area contributed by atoms with E-state index in [4.69, 9.17) is 10.5 Å². The van der Waals surface area contributed by atoms with E-state index in [9.17, 15) is 4.79 Å². The average Bonchev–Trinajstić information content (AvgIpc) is 2.44. The van der Waals surface area contributed by atoms with E-state index in [1.54, 1.807) is 7.11 Å². The molecule has 0 spiro atoms. The Balaban J connectivity index is 2.89. The van der Waals surface area contributed by atoms with Crippen molar-refractivity contribution in [2.75, 3.05) is 19.0 Å². The van der Waals surface area contributed by atoms with Gasteiger partial charge in [0.15, 0.2) is 0 Å². The van der Waals surface area contributed by atoms with Gasteiger partial charge in [0.2, 0.25) is 5.91 Å². The van der Waals surface area contributed by atoms with Crippen LogP contribution in [0.4, 0.5) is 5.69 Å². The molecule has 1 amide bonds. The molecule has 0 saturated carbocycles. The number of benzene rings is 1. The highest BCUT2D eigenvalue weighted by Gasteiger charge is 2.16. The van der Waals surface area contributed by atoms with Crippen LogP contribution in [0.3, 0.4) is 0 Å². The predicted octanol–water partition coefficient (Wildman–Crippen LogP) is 3.24. The Kier molecular flexibility index (Phi) is 6.85. The van der Waals surface area contributed by atoms with Crippen LogP contribution in [0.1, 0.15) is 57.1 Å². The number of rotatable bonds is 7. The van der Waals surface area contributed by atoms with E-state index in [1.807, 2.05) is 6.07 Å². The fourth-order valence-corrected chi connectivity index (χ4v) is 2.13. The highest BCUT2D eigenvalue weighted by Crippen LogP contribution is 2.28. The standard InChI is InChI=1S/C17H28N2O2/c1-11(2)13-6-7-16(14(10-13)12(3)4)19-17(20)15(18)8-9-21-5/h6-7,10-12,15H,8-9,18H2,1-5H3,(H,19,20). The maximum Gasteiger partial charge on any atom is 0.241 e. The quantitative estimate of drug-likeness (QED) is 0.811. The summed E-state index contributed by atoms with van der Waals surface area (Å²) in [6, 6.07) is 5.67. The van der Waals surface area contributed by atoms with Crippen LogP contribution in [0.15, 0.2) is 18.2 Å². The molecule has 1 unspecified atom stereocenters. The molecule has 118 valence electrons. The van der Waals surface area contributed by atoms with Gasteiger partial charge in [-0.05, 0) is 35.4 Å². The molecule has 1 aromatic rings. The van der Waals surface area contributed by atoms with Crippen molar-refractivity contribution in [3.05, 3.63) is 29.3 Å². The van der Waals surface area contributed by atoms with Crippen molar-refractivity contribution in [3.8, 4) is 0 Å². The number of carbonyl (C=O) groups excluding carboxylic acids is 1. The number of anilines is 1. The van der Waals surface area contributed by atoms with Crippen molar-refractivity contribution in [2.24, 2.45) is 5.73 Å². The molecule has 0 bridgehead atoms. The van der Waals surface area contributed by atoms with Crippen LogP contribution in [0, 0.1) is 0 Å². The number of nitrogens with two attached hydrogens (primary N) is 1. The van der Waals surface area contributed by atoms with E-state index in [2.05, 4.69) is 45.1 Å². The lowest BCUT2D eigenvalue weighted by Crippen LogP contribution is -2.36. The zero-order chi connectivity index (χ0) is 16.0. The predicted molar refractivity (Wildman–Crippen MR) is 87.7 cm³/mol. The van der Waals surface area contributed by atoms with Crippen molar-refractivity contribution in [1.82, 2.24) is 0 Å². The largest absolute Gasteiger partial charge is 0.385 e. The third kappa shape index (κ3) is 5.14. The molecule has 0 aliphatic rings. The molecule has 0 saturated heterocycles. The Hall–Kier alpha value is -1.39. The third-order valence-electron chi connectivity index (χ3n) is 3.59. The van der Waals surface area contributed by atoms with Gasteiger partial charge in [-0.1, -0.05) is 39.8 Å². The van der Waals surface area contributed by atoms with Crippen LogP contribution in [0.25, 0.3) is 0 Å². The van der Waals surface area contributed by atoms with Crippen LogP contribution < -0.4 is 11.1 Å². The zero-order valence-corrected chi connectivity index (χ0v) is 13.8. The Morgan fingerprint density at radius 1 is 1.24 bits per heavy atom. The summed E-state index contributed by atoms with van der Waals surface area (Å²) in [5.41, 5.74) is 9.14. The van der Waals surface area contributed by atoms with Gasteiger partial charge in [-0.15, -0.1) is 0 Å². The highest BCUT2D eigenvalue weighted by atomic mass is 16.5. The average molecular weight is 292 g/mol. The van der Waals surface area contributed by atoms with Crippen molar-refractivity contribution in [3.63, 3.8) is 0 Å². The van der Waals surface area contributed by atoms with E-state index < -0.39 is 6.04 Å². The summed E-state index contributed by atoms with van der Waals surface area (Å²) in [5, 5.41) is 2.95. The van der Waals surface area contributed by atoms with Crippen LogP contribution in [-0.2, 0) is 9.53 Å². The lowest BCUT2D eigenvalue weighted by Gasteiger charge is -2.18. The van der Waals surface area contributed by atoms with Gasteiger partial charge in [0, 0.05) is 19.4 Å². The molecular weight excluding hydrogens is 264 g/mol. The van der Waals surface area contributed by atoms with E-state index in [1.165, 1.54) is 5.56 Å². The number of amides is 1. The summed E-state index contributed by atoms with van der Waals surface area (Å²) in [5.74, 6) is 0.650. The fourth-order valence-electron chi connectivity index (χ4n) is 2.13. The van der Waals surface area contributed by atoms with Gasteiger partial charge < -0.3 is 15.8 Å². The molecule has 1 rings (SSSR count). The molecule has 3 N–H and O–H groups in total. The van der Waals surface area contributed by atoms with Gasteiger partial charge >= 0.3 is 0 Å². The highest BCUT2D eigenvalue weighted by molar-refractivity contribution is 5.95. The third-order valence-corrected chi connectivity index (χ3v) is 3.59. The second-order valence-electron chi connectivity index (χ2n) is 6.03. The Morgan fingerprint density at radius 3 is 2.43 bits per heavy atom. The minimum absolute atomic E-state index is 0.161. The van der Waals surface area contributed by atoms with E-state index in [-0.39, 0.29) is 5.91 Å². The second-order valence-corrected chi connectivity index (χ2v) is 6.03. The van der Waals surface area contributed by atoms with Gasteiger partial charge in [0.1, 0.15) is 0 Å². The first-order valence-corrected chi connectivity index (χ1v) is 7.56. The van der Waals surface area contributed by atoms with Gasteiger partial charge in [0.05, 0.1) is 6.04 Å². The Morgan fingerprint density at radius 2 is 1.90 bits per heavy atom. The fraction of sp³-hybridized carbons (Fsp3) is 0.588. The molecule has 0 aromatic heterocycles. The van der Waals surface area contributed by atoms with Gasteiger partial charge in [-0.2, -0.15) is 0 Å². The molecule has 0 aliphatic carbocycles.